The second-order valence-electron chi connectivity index (χ2n) is 4.59. The molecular weight excluding hydrogens is 334 g/mol. The van der Waals surface area contributed by atoms with Crippen molar-refractivity contribution in [3.05, 3.63) is 51.5 Å². The monoisotopic (exact) mass is 349 g/mol. The molecule has 0 aliphatic heterocycles. The van der Waals surface area contributed by atoms with Crippen molar-refractivity contribution in [1.29, 1.82) is 0 Å². The van der Waals surface area contributed by atoms with Crippen LogP contribution in [-0.2, 0) is 0 Å². The number of benzene rings is 2. The molecule has 5 heteroatoms. The zero-order valence-electron chi connectivity index (χ0n) is 12.1. The summed E-state index contributed by atoms with van der Waals surface area (Å²) in [4.78, 5) is 12.8. The lowest BCUT2D eigenvalue weighted by atomic mass is 9.97. The standard InChI is InChI=1S/C16H16BrNO3/c1-9-4-5-10(18)6-11(9)16(19)12-7-15(21-3)13(17)8-14(12)20-2/h4-8H,18H2,1-3H3. The third-order valence-corrected chi connectivity index (χ3v) is 3.84. The van der Waals surface area contributed by atoms with Crippen LogP contribution in [0.2, 0.25) is 0 Å². The average molecular weight is 350 g/mol. The highest BCUT2D eigenvalue weighted by Gasteiger charge is 2.19. The Balaban J connectivity index is 2.59. The number of nitrogens with two attached hydrogens (primary N) is 1. The Kier molecular flexibility index (Phi) is 4.53. The van der Waals surface area contributed by atoms with Crippen LogP contribution in [0, 0.1) is 6.92 Å². The molecule has 110 valence electrons. The topological polar surface area (TPSA) is 61.5 Å². The van der Waals surface area contributed by atoms with Gasteiger partial charge in [0.1, 0.15) is 11.5 Å². The Bertz CT molecular complexity index is 698. The van der Waals surface area contributed by atoms with Gasteiger partial charge < -0.3 is 15.2 Å². The van der Waals surface area contributed by atoms with E-state index in [4.69, 9.17) is 15.2 Å². The van der Waals surface area contributed by atoms with Crippen LogP contribution in [0.5, 0.6) is 11.5 Å². The lowest BCUT2D eigenvalue weighted by Crippen LogP contribution is -2.07. The zero-order valence-corrected chi connectivity index (χ0v) is 13.7. The molecule has 0 radical (unpaired) electrons. The van der Waals surface area contributed by atoms with Crippen molar-refractivity contribution >= 4 is 27.4 Å². The number of aryl methyl sites for hydroxylation is 1. The molecule has 2 aromatic rings. The lowest BCUT2D eigenvalue weighted by molar-refractivity contribution is 0.103. The van der Waals surface area contributed by atoms with Crippen molar-refractivity contribution in [2.45, 2.75) is 6.92 Å². The molecule has 0 aromatic heterocycles. The Hall–Kier alpha value is -2.01. The number of hydrogen-bond acceptors (Lipinski definition) is 4. The molecule has 0 saturated heterocycles. The van der Waals surface area contributed by atoms with Crippen LogP contribution < -0.4 is 15.2 Å². The molecule has 0 saturated carbocycles. The van der Waals surface area contributed by atoms with Gasteiger partial charge in [0, 0.05) is 11.3 Å². The Labute approximate surface area is 132 Å². The predicted octanol–water partition coefficient (Wildman–Crippen LogP) is 3.59. The van der Waals surface area contributed by atoms with E-state index in [0.717, 1.165) is 10.0 Å². The molecule has 4 nitrogen and oxygen atoms in total. The normalized spacial score (nSPS) is 10.3. The van der Waals surface area contributed by atoms with Gasteiger partial charge in [0.15, 0.2) is 5.78 Å². The number of carbonyl (C=O) groups is 1. The minimum absolute atomic E-state index is 0.151. The molecule has 0 bridgehead atoms. The van der Waals surface area contributed by atoms with Crippen molar-refractivity contribution in [2.24, 2.45) is 0 Å². The van der Waals surface area contributed by atoms with Crippen LogP contribution in [0.4, 0.5) is 5.69 Å². The molecule has 2 aromatic carbocycles. The van der Waals surface area contributed by atoms with Crippen molar-refractivity contribution in [1.82, 2.24) is 0 Å². The van der Waals surface area contributed by atoms with E-state index in [0.29, 0.717) is 28.3 Å². The van der Waals surface area contributed by atoms with Gasteiger partial charge in [-0.2, -0.15) is 0 Å². The molecule has 0 amide bonds. The summed E-state index contributed by atoms with van der Waals surface area (Å²) in [5.74, 6) is 0.901. The van der Waals surface area contributed by atoms with Gasteiger partial charge in [0.05, 0.1) is 24.3 Å². The van der Waals surface area contributed by atoms with Crippen LogP contribution in [0.3, 0.4) is 0 Å². The molecule has 0 spiro atoms. The number of ketones is 1. The minimum atomic E-state index is -0.151. The Morgan fingerprint density at radius 3 is 2.33 bits per heavy atom. The summed E-state index contributed by atoms with van der Waals surface area (Å²) in [5, 5.41) is 0. The van der Waals surface area contributed by atoms with E-state index in [-0.39, 0.29) is 5.78 Å². The second kappa shape index (κ2) is 6.18. The molecule has 0 aliphatic carbocycles. The molecule has 21 heavy (non-hydrogen) atoms. The van der Waals surface area contributed by atoms with Gasteiger partial charge in [-0.25, -0.2) is 0 Å². The fourth-order valence-electron chi connectivity index (χ4n) is 2.07. The summed E-state index contributed by atoms with van der Waals surface area (Å²) in [5.41, 5.74) is 8.18. The molecule has 0 unspecified atom stereocenters. The van der Waals surface area contributed by atoms with Gasteiger partial charge >= 0.3 is 0 Å². The van der Waals surface area contributed by atoms with E-state index < -0.39 is 0 Å². The van der Waals surface area contributed by atoms with E-state index in [1.54, 1.807) is 31.4 Å². The predicted molar refractivity (Wildman–Crippen MR) is 86.3 cm³/mol. The van der Waals surface area contributed by atoms with Crippen molar-refractivity contribution in [2.75, 3.05) is 20.0 Å². The van der Waals surface area contributed by atoms with E-state index in [9.17, 15) is 4.79 Å². The summed E-state index contributed by atoms with van der Waals surface area (Å²) in [6, 6.07) is 8.64. The molecule has 0 heterocycles. The van der Waals surface area contributed by atoms with Gasteiger partial charge in [-0.05, 0) is 52.7 Å². The minimum Gasteiger partial charge on any atom is -0.496 e. The first-order valence-corrected chi connectivity index (χ1v) is 7.09. The molecule has 0 atom stereocenters. The van der Waals surface area contributed by atoms with Gasteiger partial charge in [-0.15, -0.1) is 0 Å². The average Bonchev–Trinajstić information content (AvgIpc) is 2.48. The summed E-state index contributed by atoms with van der Waals surface area (Å²) >= 11 is 3.38. The quantitative estimate of drug-likeness (QED) is 0.676. The maximum atomic E-state index is 12.8. The third-order valence-electron chi connectivity index (χ3n) is 3.22. The fraction of sp³-hybridized carbons (Fsp3) is 0.188. The summed E-state index contributed by atoms with van der Waals surface area (Å²) < 4.78 is 11.3. The number of anilines is 1. The molecule has 2 rings (SSSR count). The van der Waals surface area contributed by atoms with Crippen molar-refractivity contribution in [3.63, 3.8) is 0 Å². The zero-order chi connectivity index (χ0) is 15.6. The van der Waals surface area contributed by atoms with Gasteiger partial charge in [-0.3, -0.25) is 4.79 Å². The van der Waals surface area contributed by atoms with Crippen LogP contribution in [0.15, 0.2) is 34.8 Å². The lowest BCUT2D eigenvalue weighted by Gasteiger charge is -2.13. The van der Waals surface area contributed by atoms with Crippen molar-refractivity contribution in [3.8, 4) is 11.5 Å². The second-order valence-corrected chi connectivity index (χ2v) is 5.44. The third kappa shape index (κ3) is 3.03. The number of carbonyl (C=O) groups excluding carboxylic acids is 1. The first-order valence-electron chi connectivity index (χ1n) is 6.30. The summed E-state index contributed by atoms with van der Waals surface area (Å²) in [6.45, 7) is 1.87. The van der Waals surface area contributed by atoms with Crippen LogP contribution >= 0.6 is 15.9 Å². The Morgan fingerprint density at radius 2 is 1.71 bits per heavy atom. The largest absolute Gasteiger partial charge is 0.496 e. The van der Waals surface area contributed by atoms with E-state index in [1.165, 1.54) is 7.11 Å². The summed E-state index contributed by atoms with van der Waals surface area (Å²) in [6.07, 6.45) is 0. The number of hydrogen-bond donors (Lipinski definition) is 1. The number of methoxy groups -OCH3 is 2. The number of rotatable bonds is 4. The van der Waals surface area contributed by atoms with E-state index >= 15 is 0 Å². The van der Waals surface area contributed by atoms with Gasteiger partial charge in [0.25, 0.3) is 0 Å². The Morgan fingerprint density at radius 1 is 1.05 bits per heavy atom. The fourth-order valence-corrected chi connectivity index (χ4v) is 2.55. The smallest absolute Gasteiger partial charge is 0.197 e. The highest BCUT2D eigenvalue weighted by Crippen LogP contribution is 2.34. The molecule has 0 fully saturated rings. The first-order chi connectivity index (χ1) is 9.97. The van der Waals surface area contributed by atoms with Gasteiger partial charge in [0.2, 0.25) is 0 Å². The molecule has 2 N–H and O–H groups in total. The number of ether oxygens (including phenoxy) is 2. The van der Waals surface area contributed by atoms with Crippen molar-refractivity contribution < 1.29 is 14.3 Å². The SMILES string of the molecule is COc1cc(C(=O)c2cc(N)ccc2C)c(OC)cc1Br. The van der Waals surface area contributed by atoms with Crippen LogP contribution in [-0.4, -0.2) is 20.0 Å². The van der Waals surface area contributed by atoms with Crippen LogP contribution in [0.25, 0.3) is 0 Å². The maximum Gasteiger partial charge on any atom is 0.197 e. The summed E-state index contributed by atoms with van der Waals surface area (Å²) in [7, 11) is 3.07. The van der Waals surface area contributed by atoms with E-state index in [2.05, 4.69) is 15.9 Å². The number of halogens is 1. The molecular formula is C16H16BrNO3. The highest BCUT2D eigenvalue weighted by atomic mass is 79.9. The highest BCUT2D eigenvalue weighted by molar-refractivity contribution is 9.10. The first kappa shape index (κ1) is 15.4. The maximum absolute atomic E-state index is 12.8. The van der Waals surface area contributed by atoms with E-state index in [1.807, 2.05) is 13.0 Å². The molecule has 0 aliphatic rings. The number of nitrogen functional groups attached to an aromatic ring is 1. The van der Waals surface area contributed by atoms with Crippen LogP contribution in [0.1, 0.15) is 21.5 Å². The van der Waals surface area contributed by atoms with Gasteiger partial charge in [-0.1, -0.05) is 6.07 Å².